The molecule has 0 unspecified atom stereocenters. The Balaban J connectivity index is 2.65. The van der Waals surface area contributed by atoms with Crippen molar-refractivity contribution in [2.45, 2.75) is 19.9 Å². The SMILES string of the molecule is C#Cc1cccc(NC(=O)NC(C)C)c1. The van der Waals surface area contributed by atoms with E-state index in [1.54, 1.807) is 18.2 Å². The summed E-state index contributed by atoms with van der Waals surface area (Å²) in [5.41, 5.74) is 1.45. The smallest absolute Gasteiger partial charge is 0.319 e. The number of carbonyl (C=O) groups excluding carboxylic acids is 1. The molecule has 3 heteroatoms. The minimum atomic E-state index is -0.223. The maximum atomic E-state index is 11.3. The van der Waals surface area contributed by atoms with Gasteiger partial charge in [0.15, 0.2) is 0 Å². The van der Waals surface area contributed by atoms with E-state index in [0.717, 1.165) is 5.56 Å². The topological polar surface area (TPSA) is 41.1 Å². The van der Waals surface area contributed by atoms with Gasteiger partial charge in [-0.1, -0.05) is 12.0 Å². The first-order chi connectivity index (χ1) is 7.11. The summed E-state index contributed by atoms with van der Waals surface area (Å²) in [6, 6.07) is 7.05. The second-order valence-electron chi connectivity index (χ2n) is 3.48. The van der Waals surface area contributed by atoms with Crippen molar-refractivity contribution < 1.29 is 4.79 Å². The van der Waals surface area contributed by atoms with Crippen LogP contribution in [0.4, 0.5) is 10.5 Å². The third kappa shape index (κ3) is 3.74. The molecule has 0 spiro atoms. The standard InChI is InChI=1S/C12H14N2O/c1-4-10-6-5-7-11(8-10)14-12(15)13-9(2)3/h1,5-9H,2-3H3,(H2,13,14,15). The van der Waals surface area contributed by atoms with Crippen LogP contribution in [0.2, 0.25) is 0 Å². The Morgan fingerprint density at radius 3 is 2.80 bits per heavy atom. The Labute approximate surface area is 89.9 Å². The van der Waals surface area contributed by atoms with Gasteiger partial charge in [0.1, 0.15) is 0 Å². The zero-order valence-corrected chi connectivity index (χ0v) is 8.87. The summed E-state index contributed by atoms with van der Waals surface area (Å²) in [5.74, 6) is 2.51. The molecule has 1 aromatic carbocycles. The minimum absolute atomic E-state index is 0.112. The van der Waals surface area contributed by atoms with E-state index in [9.17, 15) is 4.79 Å². The van der Waals surface area contributed by atoms with Crippen molar-refractivity contribution in [3.63, 3.8) is 0 Å². The van der Waals surface area contributed by atoms with Crippen LogP contribution in [0.3, 0.4) is 0 Å². The second kappa shape index (κ2) is 5.06. The Morgan fingerprint density at radius 1 is 1.47 bits per heavy atom. The van der Waals surface area contributed by atoms with Crippen LogP contribution in [0.15, 0.2) is 24.3 Å². The number of urea groups is 1. The third-order valence-electron chi connectivity index (χ3n) is 1.71. The lowest BCUT2D eigenvalue weighted by molar-refractivity contribution is 0.250. The normalized spacial score (nSPS) is 9.47. The summed E-state index contributed by atoms with van der Waals surface area (Å²) in [4.78, 5) is 11.3. The molecule has 0 aliphatic rings. The summed E-state index contributed by atoms with van der Waals surface area (Å²) in [7, 11) is 0. The molecule has 0 atom stereocenters. The van der Waals surface area contributed by atoms with Gasteiger partial charge >= 0.3 is 6.03 Å². The Hall–Kier alpha value is -1.95. The number of hydrogen-bond acceptors (Lipinski definition) is 1. The van der Waals surface area contributed by atoms with Crippen LogP contribution >= 0.6 is 0 Å². The molecular formula is C12H14N2O. The maximum absolute atomic E-state index is 11.3. The van der Waals surface area contributed by atoms with Gasteiger partial charge in [0.05, 0.1) is 0 Å². The molecule has 1 rings (SSSR count). The second-order valence-corrected chi connectivity index (χ2v) is 3.48. The van der Waals surface area contributed by atoms with Crippen LogP contribution in [-0.4, -0.2) is 12.1 Å². The van der Waals surface area contributed by atoms with Crippen molar-refractivity contribution in [2.24, 2.45) is 0 Å². The fraction of sp³-hybridized carbons (Fsp3) is 0.250. The Morgan fingerprint density at radius 2 is 2.20 bits per heavy atom. The molecular weight excluding hydrogens is 188 g/mol. The number of anilines is 1. The lowest BCUT2D eigenvalue weighted by Gasteiger charge is -2.10. The number of nitrogens with one attached hydrogen (secondary N) is 2. The average Bonchev–Trinajstić information content (AvgIpc) is 2.16. The van der Waals surface area contributed by atoms with Gasteiger partial charge in [-0.2, -0.15) is 0 Å². The maximum Gasteiger partial charge on any atom is 0.319 e. The molecule has 0 bridgehead atoms. The van der Waals surface area contributed by atoms with Gasteiger partial charge in [0, 0.05) is 17.3 Å². The van der Waals surface area contributed by atoms with E-state index < -0.39 is 0 Å². The molecule has 0 saturated heterocycles. The lowest BCUT2D eigenvalue weighted by Crippen LogP contribution is -2.34. The summed E-state index contributed by atoms with van der Waals surface area (Å²) < 4.78 is 0. The lowest BCUT2D eigenvalue weighted by atomic mass is 10.2. The number of hydrogen-bond donors (Lipinski definition) is 2. The fourth-order valence-electron chi connectivity index (χ4n) is 1.12. The van der Waals surface area contributed by atoms with E-state index in [-0.39, 0.29) is 12.1 Å². The molecule has 0 fully saturated rings. The van der Waals surface area contributed by atoms with Crippen LogP contribution < -0.4 is 10.6 Å². The highest BCUT2D eigenvalue weighted by Gasteiger charge is 2.02. The highest BCUT2D eigenvalue weighted by Crippen LogP contribution is 2.09. The van der Waals surface area contributed by atoms with Gasteiger partial charge in [-0.3, -0.25) is 0 Å². The summed E-state index contributed by atoms with van der Waals surface area (Å²) in [6.45, 7) is 3.80. The van der Waals surface area contributed by atoms with Gasteiger partial charge in [-0.25, -0.2) is 4.79 Å². The van der Waals surface area contributed by atoms with E-state index in [4.69, 9.17) is 6.42 Å². The van der Waals surface area contributed by atoms with Crippen molar-refractivity contribution in [3.05, 3.63) is 29.8 Å². The van der Waals surface area contributed by atoms with Crippen molar-refractivity contribution in [1.29, 1.82) is 0 Å². The fourth-order valence-corrected chi connectivity index (χ4v) is 1.12. The minimum Gasteiger partial charge on any atom is -0.336 e. The van der Waals surface area contributed by atoms with E-state index in [1.165, 1.54) is 0 Å². The molecule has 3 nitrogen and oxygen atoms in total. The molecule has 0 radical (unpaired) electrons. The molecule has 2 amide bonds. The van der Waals surface area contributed by atoms with Crippen molar-refractivity contribution >= 4 is 11.7 Å². The van der Waals surface area contributed by atoms with Gasteiger partial charge in [-0.05, 0) is 32.0 Å². The number of terminal acetylenes is 1. The molecule has 78 valence electrons. The zero-order chi connectivity index (χ0) is 11.3. The van der Waals surface area contributed by atoms with E-state index in [0.29, 0.717) is 5.69 Å². The predicted molar refractivity (Wildman–Crippen MR) is 61.7 cm³/mol. The first-order valence-corrected chi connectivity index (χ1v) is 4.76. The Bertz CT molecular complexity index is 391. The van der Waals surface area contributed by atoms with E-state index in [1.807, 2.05) is 19.9 Å². The molecule has 0 aliphatic heterocycles. The first-order valence-electron chi connectivity index (χ1n) is 4.76. The van der Waals surface area contributed by atoms with Crippen LogP contribution in [0.25, 0.3) is 0 Å². The van der Waals surface area contributed by atoms with Crippen LogP contribution in [-0.2, 0) is 0 Å². The number of carbonyl (C=O) groups is 1. The summed E-state index contributed by atoms with van der Waals surface area (Å²) in [5, 5.41) is 5.43. The summed E-state index contributed by atoms with van der Waals surface area (Å²) >= 11 is 0. The molecule has 0 heterocycles. The molecule has 0 saturated carbocycles. The zero-order valence-electron chi connectivity index (χ0n) is 8.87. The molecule has 0 aliphatic carbocycles. The molecule has 15 heavy (non-hydrogen) atoms. The van der Waals surface area contributed by atoms with Gasteiger partial charge < -0.3 is 10.6 Å². The average molecular weight is 202 g/mol. The highest BCUT2D eigenvalue weighted by molar-refractivity contribution is 5.89. The van der Waals surface area contributed by atoms with Crippen LogP contribution in [0.1, 0.15) is 19.4 Å². The largest absolute Gasteiger partial charge is 0.336 e. The van der Waals surface area contributed by atoms with Crippen molar-refractivity contribution in [1.82, 2.24) is 5.32 Å². The van der Waals surface area contributed by atoms with E-state index in [2.05, 4.69) is 16.6 Å². The van der Waals surface area contributed by atoms with Gasteiger partial charge in [0.2, 0.25) is 0 Å². The van der Waals surface area contributed by atoms with E-state index >= 15 is 0 Å². The van der Waals surface area contributed by atoms with Gasteiger partial charge in [0.25, 0.3) is 0 Å². The van der Waals surface area contributed by atoms with Crippen molar-refractivity contribution in [3.8, 4) is 12.3 Å². The monoisotopic (exact) mass is 202 g/mol. The van der Waals surface area contributed by atoms with Crippen molar-refractivity contribution in [2.75, 3.05) is 5.32 Å². The molecule has 2 N–H and O–H groups in total. The molecule has 1 aromatic rings. The quantitative estimate of drug-likeness (QED) is 0.709. The third-order valence-corrected chi connectivity index (χ3v) is 1.71. The number of amides is 2. The Kier molecular flexibility index (Phi) is 3.75. The highest BCUT2D eigenvalue weighted by atomic mass is 16.2. The van der Waals surface area contributed by atoms with Crippen LogP contribution in [0, 0.1) is 12.3 Å². The number of benzene rings is 1. The van der Waals surface area contributed by atoms with Gasteiger partial charge in [-0.15, -0.1) is 6.42 Å². The first kappa shape index (κ1) is 11.1. The number of rotatable bonds is 2. The summed E-state index contributed by atoms with van der Waals surface area (Å²) in [6.07, 6.45) is 5.25. The van der Waals surface area contributed by atoms with Crippen LogP contribution in [0.5, 0.6) is 0 Å². The predicted octanol–water partition coefficient (Wildman–Crippen LogP) is 2.20. The molecule has 0 aromatic heterocycles.